The minimum Gasteiger partial charge on any atom is -0.381 e. The van der Waals surface area contributed by atoms with Crippen LogP contribution in [0.1, 0.15) is 25.3 Å². The van der Waals surface area contributed by atoms with Gasteiger partial charge in [0.2, 0.25) is 5.91 Å². The summed E-state index contributed by atoms with van der Waals surface area (Å²) in [5.41, 5.74) is 7.05. The predicted octanol–water partition coefficient (Wildman–Crippen LogP) is 2.46. The van der Waals surface area contributed by atoms with Crippen LogP contribution >= 0.6 is 0 Å². The molecule has 2 N–H and O–H groups in total. The third kappa shape index (κ3) is 6.21. The molecule has 3 nitrogen and oxygen atoms in total. The van der Waals surface area contributed by atoms with Crippen molar-refractivity contribution in [2.75, 3.05) is 13.2 Å². The zero-order chi connectivity index (χ0) is 13.2. The van der Waals surface area contributed by atoms with Crippen molar-refractivity contribution < 1.29 is 9.53 Å². The van der Waals surface area contributed by atoms with E-state index >= 15 is 0 Å². The van der Waals surface area contributed by atoms with Crippen LogP contribution in [0.2, 0.25) is 0 Å². The maximum absolute atomic E-state index is 10.7. The number of rotatable bonds is 8. The van der Waals surface area contributed by atoms with Crippen molar-refractivity contribution >= 4 is 5.91 Å². The van der Waals surface area contributed by atoms with Gasteiger partial charge in [0.25, 0.3) is 0 Å². The number of amides is 1. The standard InChI is InChI=1S/C15H21NO2/c1-13(15(16)17)7-5-11-18-12-6-10-14-8-3-2-4-9-14/h2-4,7-9H,5-6,10-12H2,1H3,(H2,16,17)/b13-7+. The lowest BCUT2D eigenvalue weighted by atomic mass is 10.1. The van der Waals surface area contributed by atoms with Crippen LogP contribution in [0.25, 0.3) is 0 Å². The zero-order valence-corrected chi connectivity index (χ0v) is 10.9. The number of primary amides is 1. The molecule has 3 heteroatoms. The van der Waals surface area contributed by atoms with Crippen LogP contribution in [-0.2, 0) is 16.0 Å². The van der Waals surface area contributed by atoms with E-state index in [0.29, 0.717) is 12.2 Å². The molecular weight excluding hydrogens is 226 g/mol. The summed E-state index contributed by atoms with van der Waals surface area (Å²) in [5.74, 6) is -0.362. The summed E-state index contributed by atoms with van der Waals surface area (Å²) in [5, 5.41) is 0. The topological polar surface area (TPSA) is 52.3 Å². The third-order valence-corrected chi connectivity index (χ3v) is 2.70. The molecule has 0 spiro atoms. The minimum absolute atomic E-state index is 0.362. The molecule has 0 heterocycles. The van der Waals surface area contributed by atoms with E-state index in [4.69, 9.17) is 10.5 Å². The zero-order valence-electron chi connectivity index (χ0n) is 10.9. The normalized spacial score (nSPS) is 11.5. The van der Waals surface area contributed by atoms with E-state index in [-0.39, 0.29) is 5.91 Å². The van der Waals surface area contributed by atoms with Gasteiger partial charge in [0.05, 0.1) is 6.61 Å². The monoisotopic (exact) mass is 247 g/mol. The van der Waals surface area contributed by atoms with Crippen LogP contribution in [0.4, 0.5) is 0 Å². The van der Waals surface area contributed by atoms with Crippen LogP contribution < -0.4 is 5.73 Å². The van der Waals surface area contributed by atoms with Gasteiger partial charge in [-0.15, -0.1) is 0 Å². The second kappa shape index (κ2) is 8.48. The molecule has 0 aliphatic carbocycles. The molecule has 18 heavy (non-hydrogen) atoms. The van der Waals surface area contributed by atoms with Gasteiger partial charge in [-0.1, -0.05) is 36.4 Å². The van der Waals surface area contributed by atoms with Crippen molar-refractivity contribution in [3.05, 3.63) is 47.5 Å². The molecule has 0 unspecified atom stereocenters. The highest BCUT2D eigenvalue weighted by atomic mass is 16.5. The molecule has 0 saturated heterocycles. The molecule has 0 fully saturated rings. The lowest BCUT2D eigenvalue weighted by molar-refractivity contribution is -0.114. The van der Waals surface area contributed by atoms with Gasteiger partial charge in [0.15, 0.2) is 0 Å². The first-order chi connectivity index (χ1) is 8.70. The summed E-state index contributed by atoms with van der Waals surface area (Å²) in [6.07, 6.45) is 4.61. The molecule has 0 atom stereocenters. The number of carbonyl (C=O) groups is 1. The smallest absolute Gasteiger partial charge is 0.244 e. The SMILES string of the molecule is C/C(=C\CCOCCCc1ccccc1)C(N)=O. The average molecular weight is 247 g/mol. The number of benzene rings is 1. The Kier molecular flexibility index (Phi) is 6.81. The lowest BCUT2D eigenvalue weighted by Crippen LogP contribution is -2.11. The van der Waals surface area contributed by atoms with Crippen molar-refractivity contribution in [1.29, 1.82) is 0 Å². The molecule has 0 aliphatic heterocycles. The average Bonchev–Trinajstić information content (AvgIpc) is 2.38. The first-order valence-corrected chi connectivity index (χ1v) is 6.28. The predicted molar refractivity (Wildman–Crippen MR) is 73.2 cm³/mol. The van der Waals surface area contributed by atoms with Crippen LogP contribution in [0.15, 0.2) is 42.0 Å². The van der Waals surface area contributed by atoms with Gasteiger partial charge in [-0.3, -0.25) is 4.79 Å². The van der Waals surface area contributed by atoms with Gasteiger partial charge in [-0.05, 0) is 31.7 Å². The first kappa shape index (κ1) is 14.5. The quantitative estimate of drug-likeness (QED) is 0.566. The molecule has 0 bridgehead atoms. The molecule has 0 aromatic heterocycles. The summed E-state index contributed by atoms with van der Waals surface area (Å²) in [6.45, 7) is 3.11. The molecular formula is C15H21NO2. The number of aryl methyl sites for hydroxylation is 1. The van der Waals surface area contributed by atoms with Crippen LogP contribution in [-0.4, -0.2) is 19.1 Å². The highest BCUT2D eigenvalue weighted by Crippen LogP contribution is 2.02. The Morgan fingerprint density at radius 3 is 2.67 bits per heavy atom. The fourth-order valence-electron chi connectivity index (χ4n) is 1.58. The minimum atomic E-state index is -0.362. The van der Waals surface area contributed by atoms with E-state index in [9.17, 15) is 4.79 Å². The molecule has 1 aromatic carbocycles. The summed E-state index contributed by atoms with van der Waals surface area (Å²) in [4.78, 5) is 10.7. The van der Waals surface area contributed by atoms with Crippen molar-refractivity contribution in [2.45, 2.75) is 26.2 Å². The number of nitrogens with two attached hydrogens (primary N) is 1. The van der Waals surface area contributed by atoms with E-state index in [1.165, 1.54) is 5.56 Å². The van der Waals surface area contributed by atoms with Crippen molar-refractivity contribution in [3.63, 3.8) is 0 Å². The van der Waals surface area contributed by atoms with Gasteiger partial charge in [-0.2, -0.15) is 0 Å². The largest absolute Gasteiger partial charge is 0.381 e. The number of hydrogen-bond acceptors (Lipinski definition) is 2. The van der Waals surface area contributed by atoms with E-state index in [1.54, 1.807) is 6.92 Å². The number of hydrogen-bond donors (Lipinski definition) is 1. The first-order valence-electron chi connectivity index (χ1n) is 6.28. The Morgan fingerprint density at radius 1 is 1.28 bits per heavy atom. The van der Waals surface area contributed by atoms with E-state index in [0.717, 1.165) is 25.9 Å². The summed E-state index contributed by atoms with van der Waals surface area (Å²) >= 11 is 0. The van der Waals surface area contributed by atoms with Crippen LogP contribution in [0.5, 0.6) is 0 Å². The van der Waals surface area contributed by atoms with Gasteiger partial charge in [-0.25, -0.2) is 0 Å². The second-order valence-electron chi connectivity index (χ2n) is 4.24. The maximum atomic E-state index is 10.7. The Bertz CT molecular complexity index is 385. The molecule has 1 rings (SSSR count). The van der Waals surface area contributed by atoms with Crippen molar-refractivity contribution in [2.24, 2.45) is 5.73 Å². The molecule has 0 aliphatic rings. The van der Waals surface area contributed by atoms with Crippen molar-refractivity contribution in [1.82, 2.24) is 0 Å². The summed E-state index contributed by atoms with van der Waals surface area (Å²) < 4.78 is 5.49. The van der Waals surface area contributed by atoms with Crippen LogP contribution in [0.3, 0.4) is 0 Å². The molecule has 0 radical (unpaired) electrons. The Hall–Kier alpha value is -1.61. The Morgan fingerprint density at radius 2 is 2.00 bits per heavy atom. The van der Waals surface area contributed by atoms with E-state index in [1.807, 2.05) is 24.3 Å². The van der Waals surface area contributed by atoms with E-state index < -0.39 is 0 Å². The van der Waals surface area contributed by atoms with Gasteiger partial charge < -0.3 is 10.5 Å². The second-order valence-corrected chi connectivity index (χ2v) is 4.24. The highest BCUT2D eigenvalue weighted by Gasteiger charge is 1.96. The summed E-state index contributed by atoms with van der Waals surface area (Å²) in [6, 6.07) is 10.4. The molecule has 1 aromatic rings. The van der Waals surface area contributed by atoms with Crippen molar-refractivity contribution in [3.8, 4) is 0 Å². The Balaban J connectivity index is 2.03. The lowest BCUT2D eigenvalue weighted by Gasteiger charge is -2.03. The fourth-order valence-corrected chi connectivity index (χ4v) is 1.58. The summed E-state index contributed by atoms with van der Waals surface area (Å²) in [7, 11) is 0. The number of carbonyl (C=O) groups excluding carboxylic acids is 1. The number of ether oxygens (including phenoxy) is 1. The third-order valence-electron chi connectivity index (χ3n) is 2.70. The van der Waals surface area contributed by atoms with Crippen LogP contribution in [0, 0.1) is 0 Å². The highest BCUT2D eigenvalue weighted by molar-refractivity contribution is 5.91. The Labute approximate surface area is 109 Å². The van der Waals surface area contributed by atoms with Gasteiger partial charge in [0.1, 0.15) is 0 Å². The maximum Gasteiger partial charge on any atom is 0.244 e. The van der Waals surface area contributed by atoms with Gasteiger partial charge in [0, 0.05) is 12.2 Å². The molecule has 1 amide bonds. The van der Waals surface area contributed by atoms with E-state index in [2.05, 4.69) is 12.1 Å². The molecule has 0 saturated carbocycles. The van der Waals surface area contributed by atoms with Gasteiger partial charge >= 0.3 is 0 Å². The molecule has 98 valence electrons. The fraction of sp³-hybridized carbons (Fsp3) is 0.400.